The number of nitrogens with zero attached hydrogens (tertiary/aromatic N) is 3. The second kappa shape index (κ2) is 4.69. The van der Waals surface area contributed by atoms with Gasteiger partial charge in [-0.05, 0) is 50.8 Å². The molecule has 0 atom stereocenters. The average Bonchev–Trinajstić information content (AvgIpc) is 2.25. The quantitative estimate of drug-likeness (QED) is 0.805. The zero-order chi connectivity index (χ0) is 13.6. The van der Waals surface area contributed by atoms with Crippen molar-refractivity contribution in [2.45, 2.75) is 19.0 Å². The molecule has 0 bridgehead atoms. The van der Waals surface area contributed by atoms with Crippen LogP contribution in [0.1, 0.15) is 11.1 Å². The molecule has 1 fully saturated rings. The van der Waals surface area contributed by atoms with Crippen LogP contribution in [0.4, 0.5) is 11.4 Å². The van der Waals surface area contributed by atoms with Crippen molar-refractivity contribution in [1.29, 1.82) is 0 Å². The van der Waals surface area contributed by atoms with Crippen LogP contribution >= 0.6 is 0 Å². The Kier molecular flexibility index (Phi) is 3.15. The molecule has 0 amide bonds. The van der Waals surface area contributed by atoms with E-state index >= 15 is 0 Å². The van der Waals surface area contributed by atoms with Gasteiger partial charge in [0, 0.05) is 43.6 Å². The smallest absolute Gasteiger partial charge is 0.0440 e. The Morgan fingerprint density at radius 2 is 2.00 bits per heavy atom. The Labute approximate surface area is 115 Å². The highest BCUT2D eigenvalue weighted by atomic mass is 15.3. The van der Waals surface area contributed by atoms with Gasteiger partial charge in [-0.25, -0.2) is 0 Å². The molecular formula is C15H24N4. The summed E-state index contributed by atoms with van der Waals surface area (Å²) < 4.78 is 0. The van der Waals surface area contributed by atoms with Gasteiger partial charge in [-0.3, -0.25) is 0 Å². The number of anilines is 2. The standard InChI is InChI=1S/C15H24N4/c1-17(2)13-9-19(10-13)15-7-12(16)6-11-8-18(3)5-4-14(11)15/h6-7,13H,4-5,8-10,16H2,1-3H3. The van der Waals surface area contributed by atoms with E-state index in [1.165, 1.54) is 16.8 Å². The lowest BCUT2D eigenvalue weighted by atomic mass is 9.94. The summed E-state index contributed by atoms with van der Waals surface area (Å²) in [5.74, 6) is 0. The monoisotopic (exact) mass is 260 g/mol. The number of benzene rings is 1. The lowest BCUT2D eigenvalue weighted by molar-refractivity contribution is 0.246. The van der Waals surface area contributed by atoms with Crippen molar-refractivity contribution in [3.8, 4) is 0 Å². The summed E-state index contributed by atoms with van der Waals surface area (Å²) in [5.41, 5.74) is 11.3. The number of hydrogen-bond acceptors (Lipinski definition) is 4. The maximum absolute atomic E-state index is 6.08. The maximum Gasteiger partial charge on any atom is 0.0440 e. The molecule has 0 aromatic heterocycles. The largest absolute Gasteiger partial charge is 0.399 e. The fourth-order valence-electron chi connectivity index (χ4n) is 3.10. The molecule has 0 spiro atoms. The molecule has 0 radical (unpaired) electrons. The van der Waals surface area contributed by atoms with E-state index in [-0.39, 0.29) is 0 Å². The molecule has 1 saturated heterocycles. The van der Waals surface area contributed by atoms with Crippen LogP contribution in [0.15, 0.2) is 12.1 Å². The first-order valence-electron chi connectivity index (χ1n) is 7.06. The third-order valence-corrected chi connectivity index (χ3v) is 4.46. The molecule has 2 N–H and O–H groups in total. The van der Waals surface area contributed by atoms with Gasteiger partial charge in [0.05, 0.1) is 0 Å². The Bertz CT molecular complexity index is 477. The van der Waals surface area contributed by atoms with E-state index in [4.69, 9.17) is 5.73 Å². The van der Waals surface area contributed by atoms with Gasteiger partial charge in [0.25, 0.3) is 0 Å². The summed E-state index contributed by atoms with van der Waals surface area (Å²) >= 11 is 0. The Hall–Kier alpha value is -1.26. The molecule has 4 heteroatoms. The highest BCUT2D eigenvalue weighted by molar-refractivity contribution is 5.66. The zero-order valence-electron chi connectivity index (χ0n) is 12.2. The molecule has 0 aliphatic carbocycles. The molecule has 104 valence electrons. The van der Waals surface area contributed by atoms with Gasteiger partial charge in [0.15, 0.2) is 0 Å². The van der Waals surface area contributed by atoms with Crippen LogP contribution in [-0.4, -0.2) is 56.6 Å². The average molecular weight is 260 g/mol. The molecule has 19 heavy (non-hydrogen) atoms. The third-order valence-electron chi connectivity index (χ3n) is 4.46. The van der Waals surface area contributed by atoms with Crippen molar-refractivity contribution < 1.29 is 0 Å². The highest BCUT2D eigenvalue weighted by Crippen LogP contribution is 2.34. The topological polar surface area (TPSA) is 35.7 Å². The molecule has 2 aliphatic heterocycles. The van der Waals surface area contributed by atoms with Gasteiger partial charge in [-0.1, -0.05) is 0 Å². The summed E-state index contributed by atoms with van der Waals surface area (Å²) in [7, 11) is 6.50. The lowest BCUT2D eigenvalue weighted by Crippen LogP contribution is -2.57. The fourth-order valence-corrected chi connectivity index (χ4v) is 3.10. The van der Waals surface area contributed by atoms with Crippen LogP contribution in [-0.2, 0) is 13.0 Å². The number of nitrogens with two attached hydrogens (primary N) is 1. The number of fused-ring (bicyclic) bond motifs is 1. The van der Waals surface area contributed by atoms with Gasteiger partial charge in [0.1, 0.15) is 0 Å². The van der Waals surface area contributed by atoms with Crippen LogP contribution in [0.5, 0.6) is 0 Å². The fraction of sp³-hybridized carbons (Fsp3) is 0.600. The molecule has 2 heterocycles. The van der Waals surface area contributed by atoms with E-state index in [2.05, 4.69) is 48.0 Å². The van der Waals surface area contributed by atoms with Crippen molar-refractivity contribution >= 4 is 11.4 Å². The van der Waals surface area contributed by atoms with E-state index in [1.807, 2.05) is 0 Å². The summed E-state index contributed by atoms with van der Waals surface area (Å²) in [4.78, 5) is 7.15. The predicted octanol–water partition coefficient (Wildman–Crippen LogP) is 1.01. The minimum absolute atomic E-state index is 0.684. The highest BCUT2D eigenvalue weighted by Gasteiger charge is 2.31. The molecule has 3 rings (SSSR count). The van der Waals surface area contributed by atoms with Gasteiger partial charge < -0.3 is 20.4 Å². The third kappa shape index (κ3) is 2.30. The normalized spacial score (nSPS) is 20.5. The summed E-state index contributed by atoms with van der Waals surface area (Å²) in [6, 6.07) is 5.00. The minimum atomic E-state index is 0.684. The summed E-state index contributed by atoms with van der Waals surface area (Å²) in [6.45, 7) is 4.42. The molecule has 1 aromatic rings. The van der Waals surface area contributed by atoms with Crippen LogP contribution in [0.25, 0.3) is 0 Å². The molecule has 4 nitrogen and oxygen atoms in total. The Morgan fingerprint density at radius 3 is 2.68 bits per heavy atom. The predicted molar refractivity (Wildman–Crippen MR) is 80.6 cm³/mol. The molecule has 1 aromatic carbocycles. The van der Waals surface area contributed by atoms with Crippen molar-refractivity contribution in [2.24, 2.45) is 0 Å². The van der Waals surface area contributed by atoms with Gasteiger partial charge in [-0.2, -0.15) is 0 Å². The molecule has 2 aliphatic rings. The van der Waals surface area contributed by atoms with Crippen LogP contribution < -0.4 is 10.6 Å². The maximum atomic E-state index is 6.08. The zero-order valence-corrected chi connectivity index (χ0v) is 12.2. The number of nitrogen functional groups attached to an aromatic ring is 1. The number of rotatable bonds is 2. The molecular weight excluding hydrogens is 236 g/mol. The van der Waals surface area contributed by atoms with Gasteiger partial charge in [0.2, 0.25) is 0 Å². The van der Waals surface area contributed by atoms with E-state index < -0.39 is 0 Å². The second-order valence-corrected chi connectivity index (χ2v) is 6.19. The van der Waals surface area contributed by atoms with Crippen LogP contribution in [0.2, 0.25) is 0 Å². The first-order valence-corrected chi connectivity index (χ1v) is 7.06. The Balaban J connectivity index is 1.86. The second-order valence-electron chi connectivity index (χ2n) is 6.19. The van der Waals surface area contributed by atoms with Crippen LogP contribution in [0.3, 0.4) is 0 Å². The van der Waals surface area contributed by atoms with Crippen molar-refractivity contribution in [3.05, 3.63) is 23.3 Å². The first kappa shape index (κ1) is 12.8. The van der Waals surface area contributed by atoms with E-state index in [0.29, 0.717) is 6.04 Å². The minimum Gasteiger partial charge on any atom is -0.399 e. The molecule has 0 unspecified atom stereocenters. The Morgan fingerprint density at radius 1 is 1.26 bits per heavy atom. The number of likely N-dealkylation sites (N-methyl/N-ethyl adjacent to an activating group) is 2. The van der Waals surface area contributed by atoms with Crippen LogP contribution in [0, 0.1) is 0 Å². The summed E-state index contributed by atoms with van der Waals surface area (Å²) in [5, 5.41) is 0. The SMILES string of the molecule is CN1CCc2c(cc(N)cc2N2CC(N(C)C)C2)C1. The van der Waals surface area contributed by atoms with E-state index in [1.54, 1.807) is 0 Å². The van der Waals surface area contributed by atoms with Crippen molar-refractivity contribution in [3.63, 3.8) is 0 Å². The molecule has 0 saturated carbocycles. The summed E-state index contributed by atoms with van der Waals surface area (Å²) in [6.07, 6.45) is 1.14. The number of hydrogen-bond donors (Lipinski definition) is 1. The van der Waals surface area contributed by atoms with Crippen molar-refractivity contribution in [2.75, 3.05) is 51.4 Å². The van der Waals surface area contributed by atoms with Gasteiger partial charge >= 0.3 is 0 Å². The lowest BCUT2D eigenvalue weighted by Gasteiger charge is -2.46. The van der Waals surface area contributed by atoms with Gasteiger partial charge in [-0.15, -0.1) is 0 Å². The van der Waals surface area contributed by atoms with E-state index in [0.717, 1.165) is 38.3 Å². The van der Waals surface area contributed by atoms with E-state index in [9.17, 15) is 0 Å². The first-order chi connectivity index (χ1) is 9.04. The van der Waals surface area contributed by atoms with Crippen molar-refractivity contribution in [1.82, 2.24) is 9.80 Å².